The highest BCUT2D eigenvalue weighted by Crippen LogP contribution is 2.24. The second kappa shape index (κ2) is 6.77. The first-order valence-corrected chi connectivity index (χ1v) is 7.34. The zero-order chi connectivity index (χ0) is 17.1. The zero-order valence-corrected chi connectivity index (χ0v) is 12.9. The van der Waals surface area contributed by atoms with Gasteiger partial charge in [0.1, 0.15) is 17.7 Å². The molecule has 8 heteroatoms. The van der Waals surface area contributed by atoms with Gasteiger partial charge in [0.05, 0.1) is 19.2 Å². The van der Waals surface area contributed by atoms with Crippen molar-refractivity contribution in [2.24, 2.45) is 0 Å². The average Bonchev–Trinajstić information content (AvgIpc) is 3.03. The summed E-state index contributed by atoms with van der Waals surface area (Å²) in [4.78, 5) is 21.9. The first kappa shape index (κ1) is 16.1. The van der Waals surface area contributed by atoms with Gasteiger partial charge in [-0.05, 0) is 12.1 Å². The van der Waals surface area contributed by atoms with Crippen molar-refractivity contribution in [3.63, 3.8) is 0 Å². The molecule has 2 heterocycles. The molecule has 3 rings (SSSR count). The van der Waals surface area contributed by atoms with E-state index in [4.69, 9.17) is 9.47 Å². The molecule has 0 N–H and O–H groups in total. The Bertz CT molecular complexity index is 757. The summed E-state index contributed by atoms with van der Waals surface area (Å²) in [6, 6.07) is 2.90. The third-order valence-electron chi connectivity index (χ3n) is 3.70. The van der Waals surface area contributed by atoms with Crippen LogP contribution >= 0.6 is 0 Å². The number of amides is 1. The molecule has 1 aromatic heterocycles. The summed E-state index contributed by atoms with van der Waals surface area (Å²) in [6.07, 6.45) is 3.22. The Balaban J connectivity index is 1.68. The van der Waals surface area contributed by atoms with Gasteiger partial charge in [-0.1, -0.05) is 0 Å². The number of hydrogen-bond donors (Lipinski definition) is 0. The van der Waals surface area contributed by atoms with E-state index in [-0.39, 0.29) is 30.0 Å². The zero-order valence-electron chi connectivity index (χ0n) is 12.9. The van der Waals surface area contributed by atoms with Crippen molar-refractivity contribution < 1.29 is 23.0 Å². The molecule has 1 aromatic carbocycles. The number of hydrogen-bond acceptors (Lipinski definition) is 5. The van der Waals surface area contributed by atoms with Gasteiger partial charge in [-0.25, -0.2) is 18.7 Å². The molecule has 0 radical (unpaired) electrons. The summed E-state index contributed by atoms with van der Waals surface area (Å²) in [5, 5.41) is 0. The van der Waals surface area contributed by atoms with E-state index in [1.807, 2.05) is 0 Å². The minimum absolute atomic E-state index is 0.158. The first-order chi connectivity index (χ1) is 11.6. The number of ether oxygens (including phenoxy) is 2. The van der Waals surface area contributed by atoms with Crippen molar-refractivity contribution >= 4 is 5.91 Å². The molecule has 0 saturated carbocycles. The third kappa shape index (κ3) is 3.27. The largest absolute Gasteiger partial charge is 0.477 e. The molecule has 0 bridgehead atoms. The molecule has 1 aliphatic rings. The molecule has 1 saturated heterocycles. The van der Waals surface area contributed by atoms with Gasteiger partial charge in [-0.15, -0.1) is 0 Å². The Morgan fingerprint density at radius 2 is 2.00 bits per heavy atom. The molecule has 1 aliphatic heterocycles. The average molecular weight is 335 g/mol. The first-order valence-electron chi connectivity index (χ1n) is 7.34. The van der Waals surface area contributed by atoms with E-state index in [9.17, 15) is 13.6 Å². The van der Waals surface area contributed by atoms with E-state index in [0.29, 0.717) is 19.0 Å². The van der Waals surface area contributed by atoms with Crippen molar-refractivity contribution in [3.05, 3.63) is 47.8 Å². The quantitative estimate of drug-likeness (QED) is 0.856. The predicted molar refractivity (Wildman–Crippen MR) is 79.9 cm³/mol. The second-order valence-corrected chi connectivity index (χ2v) is 5.27. The number of aromatic nitrogens is 2. The highest BCUT2D eigenvalue weighted by molar-refractivity contribution is 5.94. The van der Waals surface area contributed by atoms with Crippen LogP contribution in [0.3, 0.4) is 0 Å². The van der Waals surface area contributed by atoms with Crippen LogP contribution in [0.25, 0.3) is 0 Å². The lowest BCUT2D eigenvalue weighted by atomic mass is 10.2. The van der Waals surface area contributed by atoms with Crippen LogP contribution in [0.2, 0.25) is 0 Å². The lowest BCUT2D eigenvalue weighted by Crippen LogP contribution is -2.31. The van der Waals surface area contributed by atoms with Gasteiger partial charge < -0.3 is 14.4 Å². The predicted octanol–water partition coefficient (Wildman–Crippen LogP) is 2.06. The van der Waals surface area contributed by atoms with Crippen LogP contribution in [-0.4, -0.2) is 47.1 Å². The van der Waals surface area contributed by atoms with E-state index >= 15 is 0 Å². The minimum Gasteiger partial charge on any atom is -0.477 e. The summed E-state index contributed by atoms with van der Waals surface area (Å²) >= 11 is 0. The summed E-state index contributed by atoms with van der Waals surface area (Å²) in [5.41, 5.74) is -0.158. The number of methoxy groups -OCH3 is 1. The van der Waals surface area contributed by atoms with Gasteiger partial charge in [0.15, 0.2) is 0 Å². The van der Waals surface area contributed by atoms with Crippen LogP contribution in [0.1, 0.15) is 16.8 Å². The van der Waals surface area contributed by atoms with Crippen molar-refractivity contribution in [2.45, 2.75) is 12.5 Å². The molecule has 0 aliphatic carbocycles. The number of carbonyl (C=O) groups excluding carboxylic acids is 1. The summed E-state index contributed by atoms with van der Waals surface area (Å²) < 4.78 is 37.5. The molecule has 0 unspecified atom stereocenters. The number of halogens is 2. The Kier molecular flexibility index (Phi) is 4.54. The fraction of sp³-hybridized carbons (Fsp3) is 0.312. The van der Waals surface area contributed by atoms with Crippen LogP contribution < -0.4 is 9.47 Å². The van der Waals surface area contributed by atoms with Crippen molar-refractivity contribution in [1.82, 2.24) is 14.9 Å². The highest BCUT2D eigenvalue weighted by atomic mass is 19.1. The van der Waals surface area contributed by atoms with Gasteiger partial charge in [-0.3, -0.25) is 4.79 Å². The number of benzene rings is 1. The van der Waals surface area contributed by atoms with Gasteiger partial charge in [0, 0.05) is 31.4 Å². The Morgan fingerprint density at radius 3 is 2.71 bits per heavy atom. The van der Waals surface area contributed by atoms with E-state index in [1.165, 1.54) is 24.4 Å². The van der Waals surface area contributed by atoms with E-state index < -0.39 is 17.5 Å². The molecule has 6 nitrogen and oxygen atoms in total. The molecular formula is C16H15F2N3O3. The number of nitrogens with zero attached hydrogens (tertiary/aromatic N) is 3. The maximum Gasteiger partial charge on any atom is 0.278 e. The lowest BCUT2D eigenvalue weighted by Gasteiger charge is -2.17. The molecular weight excluding hydrogens is 320 g/mol. The van der Waals surface area contributed by atoms with Gasteiger partial charge in [0.25, 0.3) is 17.7 Å². The van der Waals surface area contributed by atoms with E-state index in [1.54, 1.807) is 0 Å². The summed E-state index contributed by atoms with van der Waals surface area (Å²) in [7, 11) is 1.46. The summed E-state index contributed by atoms with van der Waals surface area (Å²) in [5.74, 6) is -1.59. The molecule has 126 valence electrons. The number of rotatable bonds is 4. The van der Waals surface area contributed by atoms with E-state index in [2.05, 4.69) is 9.97 Å². The monoisotopic (exact) mass is 335 g/mol. The van der Waals surface area contributed by atoms with Crippen LogP contribution in [-0.2, 0) is 0 Å². The Hall–Kier alpha value is -2.77. The van der Waals surface area contributed by atoms with Crippen LogP contribution in [0.15, 0.2) is 30.6 Å². The standard InChI is InChI=1S/C16H15F2N3O3/c1-23-14-15(20-6-5-19-14)24-11-4-7-21(9-11)16(22)12-3-2-10(17)8-13(12)18/h2-3,5-6,8,11H,4,7,9H2,1H3/t11-/m1/s1. The maximum absolute atomic E-state index is 13.7. The fourth-order valence-corrected chi connectivity index (χ4v) is 2.53. The Labute approximate surface area is 137 Å². The molecule has 24 heavy (non-hydrogen) atoms. The molecule has 1 atom stereocenters. The highest BCUT2D eigenvalue weighted by Gasteiger charge is 2.30. The SMILES string of the molecule is COc1nccnc1O[C@@H]1CCN(C(=O)c2ccc(F)cc2F)C1. The maximum atomic E-state index is 13.7. The molecule has 2 aromatic rings. The topological polar surface area (TPSA) is 64.6 Å². The molecule has 1 amide bonds. The van der Waals surface area contributed by atoms with Gasteiger partial charge >= 0.3 is 0 Å². The van der Waals surface area contributed by atoms with Crippen LogP contribution in [0.4, 0.5) is 8.78 Å². The summed E-state index contributed by atoms with van der Waals surface area (Å²) in [6.45, 7) is 0.679. The van der Waals surface area contributed by atoms with Crippen molar-refractivity contribution in [2.75, 3.05) is 20.2 Å². The fourth-order valence-electron chi connectivity index (χ4n) is 2.53. The normalized spacial score (nSPS) is 17.0. The van der Waals surface area contributed by atoms with Gasteiger partial charge in [-0.2, -0.15) is 0 Å². The van der Waals surface area contributed by atoms with Crippen molar-refractivity contribution in [3.8, 4) is 11.8 Å². The van der Waals surface area contributed by atoms with Crippen LogP contribution in [0.5, 0.6) is 11.8 Å². The number of likely N-dealkylation sites (tertiary alicyclic amines) is 1. The van der Waals surface area contributed by atoms with Crippen LogP contribution in [0, 0.1) is 11.6 Å². The lowest BCUT2D eigenvalue weighted by molar-refractivity contribution is 0.0765. The minimum atomic E-state index is -0.875. The third-order valence-corrected chi connectivity index (χ3v) is 3.70. The van der Waals surface area contributed by atoms with Gasteiger partial charge in [0.2, 0.25) is 0 Å². The Morgan fingerprint density at radius 1 is 1.25 bits per heavy atom. The smallest absolute Gasteiger partial charge is 0.278 e. The number of carbonyl (C=O) groups is 1. The second-order valence-electron chi connectivity index (χ2n) is 5.27. The van der Waals surface area contributed by atoms with E-state index in [0.717, 1.165) is 12.1 Å². The molecule has 1 fully saturated rings. The van der Waals surface area contributed by atoms with Crippen molar-refractivity contribution in [1.29, 1.82) is 0 Å². The molecule has 0 spiro atoms.